The lowest BCUT2D eigenvalue weighted by Crippen LogP contribution is -2.21. The van der Waals surface area contributed by atoms with Crippen LogP contribution in [0.4, 0.5) is 10.1 Å². The first kappa shape index (κ1) is 17.3. The lowest BCUT2D eigenvalue weighted by molar-refractivity contribution is -0.159. The highest BCUT2D eigenvalue weighted by Crippen LogP contribution is 2.35. The van der Waals surface area contributed by atoms with E-state index in [9.17, 15) is 14.0 Å². The molecule has 0 bridgehead atoms. The minimum absolute atomic E-state index is 0.162. The van der Waals surface area contributed by atoms with Crippen molar-refractivity contribution in [1.29, 1.82) is 0 Å². The van der Waals surface area contributed by atoms with Crippen LogP contribution in [0.25, 0.3) is 0 Å². The first-order valence-corrected chi connectivity index (χ1v) is 6.36. The molecule has 2 N–H and O–H groups in total. The normalized spacial score (nSPS) is 10.1. The van der Waals surface area contributed by atoms with Crippen LogP contribution in [0.5, 0.6) is 5.88 Å². The van der Waals surface area contributed by atoms with Crippen molar-refractivity contribution in [3.05, 3.63) is 16.0 Å². The Morgan fingerprint density at radius 1 is 1.19 bits per heavy atom. The van der Waals surface area contributed by atoms with Gasteiger partial charge in [0.05, 0.1) is 12.3 Å². The Hall–Kier alpha value is -1.80. The van der Waals surface area contributed by atoms with Crippen LogP contribution in [0.3, 0.4) is 0 Å². The lowest BCUT2D eigenvalue weighted by atomic mass is 10.4. The van der Waals surface area contributed by atoms with Crippen LogP contribution in [0.1, 0.15) is 6.92 Å². The van der Waals surface area contributed by atoms with Gasteiger partial charge in [0.2, 0.25) is 11.8 Å². The quantitative estimate of drug-likeness (QED) is 0.619. The third-order valence-electron chi connectivity index (χ3n) is 2.02. The van der Waals surface area contributed by atoms with Crippen LogP contribution in [-0.2, 0) is 19.1 Å². The number of pyridine rings is 1. The molecule has 0 saturated heterocycles. The fourth-order valence-electron chi connectivity index (χ4n) is 1.12. The summed E-state index contributed by atoms with van der Waals surface area (Å²) in [6.07, 6.45) is 0. The number of nitrogens with two attached hydrogens (primary N) is 1. The summed E-state index contributed by atoms with van der Waals surface area (Å²) in [5.74, 6) is -3.10. The Morgan fingerprint density at radius 3 is 2.43 bits per heavy atom. The molecule has 1 rings (SSSR count). The number of ether oxygens (including phenoxy) is 3. The Bertz CT molecular complexity index is 556. The first-order chi connectivity index (χ1) is 9.86. The molecule has 1 heterocycles. The number of hydrogen-bond donors (Lipinski definition) is 1. The molecule has 0 radical (unpaired) electrons. The SMILES string of the molecule is CCOC(=O)COC(=O)COc1nc(F)c(Cl)c(N)c1Cl. The highest BCUT2D eigenvalue weighted by Gasteiger charge is 2.18. The molecule has 1 aromatic heterocycles. The maximum atomic E-state index is 13.2. The van der Waals surface area contributed by atoms with E-state index in [2.05, 4.69) is 14.5 Å². The van der Waals surface area contributed by atoms with Gasteiger partial charge in [-0.3, -0.25) is 0 Å². The van der Waals surface area contributed by atoms with Crippen molar-refractivity contribution >= 4 is 40.8 Å². The molecule has 0 aliphatic rings. The van der Waals surface area contributed by atoms with Crippen molar-refractivity contribution in [2.24, 2.45) is 0 Å². The summed E-state index contributed by atoms with van der Waals surface area (Å²) in [5, 5.41) is -0.683. The number of nitrogen functional groups attached to an aromatic ring is 1. The zero-order valence-electron chi connectivity index (χ0n) is 10.8. The van der Waals surface area contributed by atoms with E-state index in [1.807, 2.05) is 0 Å². The molecule has 0 saturated carbocycles. The van der Waals surface area contributed by atoms with E-state index in [1.54, 1.807) is 6.92 Å². The Balaban J connectivity index is 2.56. The van der Waals surface area contributed by atoms with E-state index in [-0.39, 0.29) is 17.3 Å². The van der Waals surface area contributed by atoms with E-state index < -0.39 is 42.0 Å². The molecule has 7 nitrogen and oxygen atoms in total. The topological polar surface area (TPSA) is 101 Å². The summed E-state index contributed by atoms with van der Waals surface area (Å²) in [7, 11) is 0. The minimum Gasteiger partial charge on any atom is -0.464 e. The van der Waals surface area contributed by atoms with Crippen molar-refractivity contribution < 1.29 is 28.2 Å². The van der Waals surface area contributed by atoms with Crippen molar-refractivity contribution in [2.75, 3.05) is 25.6 Å². The van der Waals surface area contributed by atoms with Gasteiger partial charge in [-0.25, -0.2) is 9.59 Å². The van der Waals surface area contributed by atoms with Gasteiger partial charge in [-0.1, -0.05) is 23.2 Å². The molecule has 10 heteroatoms. The van der Waals surface area contributed by atoms with E-state index in [0.29, 0.717) is 0 Å². The van der Waals surface area contributed by atoms with Crippen LogP contribution in [0, 0.1) is 5.95 Å². The lowest BCUT2D eigenvalue weighted by Gasteiger charge is -2.09. The molecule has 0 aliphatic carbocycles. The van der Waals surface area contributed by atoms with E-state index in [1.165, 1.54) is 0 Å². The summed E-state index contributed by atoms with van der Waals surface area (Å²) in [6.45, 7) is 0.562. The van der Waals surface area contributed by atoms with E-state index >= 15 is 0 Å². The number of anilines is 1. The molecule has 0 aromatic carbocycles. The summed E-state index contributed by atoms with van der Waals surface area (Å²) in [5.41, 5.74) is 5.16. The average molecular weight is 341 g/mol. The predicted molar refractivity (Wildman–Crippen MR) is 71.7 cm³/mol. The maximum absolute atomic E-state index is 13.2. The van der Waals surface area contributed by atoms with Gasteiger partial charge in [0.25, 0.3) is 0 Å². The van der Waals surface area contributed by atoms with E-state index in [4.69, 9.17) is 33.7 Å². The zero-order valence-corrected chi connectivity index (χ0v) is 12.3. The fourth-order valence-corrected chi connectivity index (χ4v) is 1.49. The average Bonchev–Trinajstić information content (AvgIpc) is 2.45. The smallest absolute Gasteiger partial charge is 0.344 e. The molecule has 0 spiro atoms. The number of halogens is 3. The van der Waals surface area contributed by atoms with Crippen molar-refractivity contribution in [1.82, 2.24) is 4.98 Å². The number of carbonyl (C=O) groups is 2. The van der Waals surface area contributed by atoms with Crippen LogP contribution < -0.4 is 10.5 Å². The summed E-state index contributed by atoms with van der Waals surface area (Å²) < 4.78 is 27.2. The number of esters is 2. The van der Waals surface area contributed by atoms with Gasteiger partial charge in [-0.05, 0) is 6.92 Å². The van der Waals surface area contributed by atoms with Crippen LogP contribution in [-0.4, -0.2) is 36.7 Å². The van der Waals surface area contributed by atoms with Crippen LogP contribution in [0.15, 0.2) is 0 Å². The molecule has 0 amide bonds. The van der Waals surface area contributed by atoms with Gasteiger partial charge in [-0.2, -0.15) is 9.37 Å². The molecule has 21 heavy (non-hydrogen) atoms. The Morgan fingerprint density at radius 2 is 1.81 bits per heavy atom. The molecule has 0 atom stereocenters. The summed E-state index contributed by atoms with van der Waals surface area (Å²) in [6, 6.07) is 0. The molecule has 0 unspecified atom stereocenters. The molecular formula is C11H11Cl2FN2O5. The summed E-state index contributed by atoms with van der Waals surface area (Å²) >= 11 is 11.2. The molecule has 0 fully saturated rings. The second-order valence-corrected chi connectivity index (χ2v) is 4.26. The Kier molecular flexibility index (Phi) is 6.44. The molecule has 1 aromatic rings. The van der Waals surface area contributed by atoms with Gasteiger partial charge in [0.15, 0.2) is 13.2 Å². The standard InChI is InChI=1S/C11H11Cl2FN2O5/c1-2-19-5(17)3-20-6(18)4-21-11-8(13)9(15)7(12)10(14)16-11/h2-4H2,1H3,(H2,15,16). The molecule has 116 valence electrons. The van der Waals surface area contributed by atoms with Crippen LogP contribution in [0.2, 0.25) is 10.0 Å². The second kappa shape index (κ2) is 7.84. The number of carbonyl (C=O) groups excluding carboxylic acids is 2. The summed E-state index contributed by atoms with van der Waals surface area (Å²) in [4.78, 5) is 25.5. The van der Waals surface area contributed by atoms with Crippen molar-refractivity contribution in [3.8, 4) is 5.88 Å². The second-order valence-electron chi connectivity index (χ2n) is 3.50. The van der Waals surface area contributed by atoms with Crippen molar-refractivity contribution in [3.63, 3.8) is 0 Å². The number of hydrogen-bond acceptors (Lipinski definition) is 7. The van der Waals surface area contributed by atoms with Gasteiger partial charge in [0, 0.05) is 0 Å². The third kappa shape index (κ3) is 4.91. The third-order valence-corrected chi connectivity index (χ3v) is 2.75. The van der Waals surface area contributed by atoms with Crippen LogP contribution >= 0.6 is 23.2 Å². The molecular weight excluding hydrogens is 330 g/mol. The maximum Gasteiger partial charge on any atom is 0.344 e. The largest absolute Gasteiger partial charge is 0.464 e. The minimum atomic E-state index is -1.09. The van der Waals surface area contributed by atoms with Crippen molar-refractivity contribution in [2.45, 2.75) is 6.92 Å². The number of aromatic nitrogens is 1. The Labute approximate surface area is 129 Å². The highest BCUT2D eigenvalue weighted by atomic mass is 35.5. The highest BCUT2D eigenvalue weighted by molar-refractivity contribution is 6.39. The zero-order chi connectivity index (χ0) is 16.0. The van der Waals surface area contributed by atoms with Gasteiger partial charge in [0.1, 0.15) is 10.0 Å². The number of nitrogens with zero attached hydrogens (tertiary/aromatic N) is 1. The van der Waals surface area contributed by atoms with E-state index in [0.717, 1.165) is 0 Å². The number of rotatable bonds is 6. The first-order valence-electron chi connectivity index (χ1n) is 5.60. The predicted octanol–water partition coefficient (Wildman–Crippen LogP) is 1.59. The monoisotopic (exact) mass is 340 g/mol. The van der Waals surface area contributed by atoms with Gasteiger partial charge in [-0.15, -0.1) is 0 Å². The molecule has 0 aliphatic heterocycles. The fraction of sp³-hybridized carbons (Fsp3) is 0.364. The van der Waals surface area contributed by atoms with Gasteiger partial charge < -0.3 is 19.9 Å². The van der Waals surface area contributed by atoms with Gasteiger partial charge >= 0.3 is 11.9 Å².